The fraction of sp³-hybridized carbons (Fsp3) is 0.500. The lowest BCUT2D eigenvalue weighted by Crippen LogP contribution is -2.47. The summed E-state index contributed by atoms with van der Waals surface area (Å²) in [5, 5.41) is 15.8. The van der Waals surface area contributed by atoms with Crippen LogP contribution in [0.3, 0.4) is 0 Å². The first-order valence-corrected chi connectivity index (χ1v) is 12.8. The van der Waals surface area contributed by atoms with Gasteiger partial charge in [-0.05, 0) is 74.9 Å². The summed E-state index contributed by atoms with van der Waals surface area (Å²) >= 11 is 12.6. The fourth-order valence-corrected chi connectivity index (χ4v) is 6.19. The number of hydrogen-bond acceptors (Lipinski definition) is 4. The smallest absolute Gasteiger partial charge is 0.324 e. The number of ether oxygens (including phenoxy) is 1. The van der Waals surface area contributed by atoms with E-state index in [1.165, 1.54) is 6.42 Å². The van der Waals surface area contributed by atoms with Gasteiger partial charge < -0.3 is 4.74 Å². The van der Waals surface area contributed by atoms with Gasteiger partial charge in [-0.3, -0.25) is 10.1 Å². The first-order valence-electron chi connectivity index (χ1n) is 12.1. The molecule has 6 heteroatoms. The van der Waals surface area contributed by atoms with E-state index in [0.29, 0.717) is 10.0 Å². The molecule has 0 unspecified atom stereocenters. The number of halogens is 2. The Balaban J connectivity index is 1.92. The molecule has 0 aromatic heterocycles. The van der Waals surface area contributed by atoms with E-state index in [1.807, 2.05) is 69.3 Å². The summed E-state index contributed by atoms with van der Waals surface area (Å²) in [6, 6.07) is 16.9. The number of benzene rings is 2. The maximum absolute atomic E-state index is 13.6. The van der Waals surface area contributed by atoms with Crippen molar-refractivity contribution >= 4 is 29.2 Å². The Hall–Kier alpha value is -2.06. The zero-order valence-electron chi connectivity index (χ0n) is 20.0. The second kappa shape index (κ2) is 9.90. The minimum atomic E-state index is -0.987. The largest absolute Gasteiger partial charge is 0.459 e. The van der Waals surface area contributed by atoms with Crippen LogP contribution >= 0.6 is 23.2 Å². The van der Waals surface area contributed by atoms with Gasteiger partial charge in [-0.1, -0.05) is 66.7 Å². The van der Waals surface area contributed by atoms with E-state index in [0.717, 1.165) is 36.8 Å². The predicted octanol–water partition coefficient (Wildman–Crippen LogP) is 6.80. The summed E-state index contributed by atoms with van der Waals surface area (Å²) in [6.45, 7) is 5.59. The molecule has 1 N–H and O–H groups in total. The Labute approximate surface area is 212 Å². The monoisotopic (exact) mass is 498 g/mol. The minimum absolute atomic E-state index is 0.208. The quantitative estimate of drug-likeness (QED) is 0.470. The van der Waals surface area contributed by atoms with Crippen LogP contribution in [0.4, 0.5) is 0 Å². The van der Waals surface area contributed by atoms with Crippen LogP contribution in [-0.4, -0.2) is 23.7 Å². The van der Waals surface area contributed by atoms with Gasteiger partial charge in [0.2, 0.25) is 0 Å². The van der Waals surface area contributed by atoms with Crippen LogP contribution in [0.1, 0.15) is 69.9 Å². The van der Waals surface area contributed by atoms with Gasteiger partial charge >= 0.3 is 5.97 Å². The number of carbonyl (C=O) groups is 1. The molecule has 2 aliphatic rings. The molecule has 4 atom stereocenters. The maximum Gasteiger partial charge on any atom is 0.324 e. The lowest BCUT2D eigenvalue weighted by Gasteiger charge is -2.39. The highest BCUT2D eigenvalue weighted by atomic mass is 35.5. The highest BCUT2D eigenvalue weighted by Crippen LogP contribution is 2.53. The first-order chi connectivity index (χ1) is 16.2. The van der Waals surface area contributed by atoms with Gasteiger partial charge in [0.05, 0.1) is 6.07 Å². The molecule has 2 fully saturated rings. The molecule has 180 valence electrons. The molecule has 0 bridgehead atoms. The van der Waals surface area contributed by atoms with Gasteiger partial charge in [0.25, 0.3) is 0 Å². The van der Waals surface area contributed by atoms with Crippen LogP contribution < -0.4 is 5.32 Å². The predicted molar refractivity (Wildman–Crippen MR) is 136 cm³/mol. The van der Waals surface area contributed by atoms with Crippen LogP contribution in [-0.2, 0) is 14.9 Å². The average molecular weight is 499 g/mol. The molecule has 1 heterocycles. The summed E-state index contributed by atoms with van der Waals surface area (Å²) in [5.74, 6) is -0.540. The van der Waals surface area contributed by atoms with Gasteiger partial charge in [0.1, 0.15) is 17.1 Å². The van der Waals surface area contributed by atoms with E-state index in [1.54, 1.807) is 0 Å². The van der Waals surface area contributed by atoms with Crippen LogP contribution in [0.2, 0.25) is 10.0 Å². The van der Waals surface area contributed by atoms with Crippen molar-refractivity contribution in [3.63, 3.8) is 0 Å². The minimum Gasteiger partial charge on any atom is -0.459 e. The number of hydrogen-bond donors (Lipinski definition) is 1. The number of nitrogens with zero attached hydrogens (tertiary/aromatic N) is 1. The normalized spacial score (nSPS) is 27.8. The van der Waals surface area contributed by atoms with Crippen molar-refractivity contribution in [2.45, 2.75) is 81.9 Å². The van der Waals surface area contributed by atoms with Gasteiger partial charge in [-0.25, -0.2) is 0 Å². The molecule has 34 heavy (non-hydrogen) atoms. The molecular formula is C28H32Cl2N2O2. The Bertz CT molecular complexity index is 1070. The zero-order chi connectivity index (χ0) is 24.5. The highest BCUT2D eigenvalue weighted by Gasteiger charge is 2.61. The second-order valence-corrected chi connectivity index (χ2v) is 11.4. The zero-order valence-corrected chi connectivity index (χ0v) is 21.5. The number of nitriles is 1. The van der Waals surface area contributed by atoms with Gasteiger partial charge in [-0.2, -0.15) is 5.26 Å². The molecule has 0 spiro atoms. The van der Waals surface area contributed by atoms with Crippen molar-refractivity contribution in [3.8, 4) is 6.07 Å². The second-order valence-electron chi connectivity index (χ2n) is 10.6. The molecule has 1 saturated carbocycles. The molecular weight excluding hydrogens is 467 g/mol. The van der Waals surface area contributed by atoms with Crippen LogP contribution in [0.15, 0.2) is 48.5 Å². The summed E-state index contributed by atoms with van der Waals surface area (Å²) in [4.78, 5) is 13.6. The van der Waals surface area contributed by atoms with Crippen molar-refractivity contribution in [1.82, 2.24) is 5.32 Å². The summed E-state index contributed by atoms with van der Waals surface area (Å²) in [5.41, 5.74) is 0.0822. The summed E-state index contributed by atoms with van der Waals surface area (Å²) in [6.07, 6.45) is 5.51. The fourth-order valence-electron chi connectivity index (χ4n) is 5.87. The number of nitrogens with one attached hydrogen (secondary N) is 1. The van der Waals surface area contributed by atoms with Crippen LogP contribution in [0.5, 0.6) is 0 Å². The third kappa shape index (κ3) is 4.85. The third-order valence-corrected chi connectivity index (χ3v) is 7.66. The van der Waals surface area contributed by atoms with Crippen LogP contribution in [0, 0.1) is 17.2 Å². The molecule has 1 saturated heterocycles. The molecule has 2 aromatic carbocycles. The SMILES string of the molecule is CC(C)(C)OC(=O)[C@@H]1N[C@@H](C2CCCCC2)[C@](C#N)(c2ccc(Cl)cc2)[C@H]1c1cccc(Cl)c1. The number of rotatable bonds is 4. The Morgan fingerprint density at radius 3 is 2.32 bits per heavy atom. The first kappa shape index (κ1) is 25.0. The van der Waals surface area contributed by atoms with E-state index in [4.69, 9.17) is 27.9 Å². The molecule has 2 aromatic rings. The summed E-state index contributed by atoms with van der Waals surface area (Å²) in [7, 11) is 0. The van der Waals surface area contributed by atoms with Gasteiger partial charge in [0, 0.05) is 22.0 Å². The Kier molecular flexibility index (Phi) is 7.29. The topological polar surface area (TPSA) is 62.1 Å². The molecule has 1 aliphatic heterocycles. The highest BCUT2D eigenvalue weighted by molar-refractivity contribution is 6.30. The van der Waals surface area contributed by atoms with Crippen LogP contribution in [0.25, 0.3) is 0 Å². The average Bonchev–Trinajstić information content (AvgIpc) is 3.15. The van der Waals surface area contributed by atoms with Crippen molar-refractivity contribution < 1.29 is 9.53 Å². The van der Waals surface area contributed by atoms with E-state index < -0.39 is 23.0 Å². The van der Waals surface area contributed by atoms with Gasteiger partial charge in [0.15, 0.2) is 0 Å². The van der Waals surface area contributed by atoms with Crippen molar-refractivity contribution in [1.29, 1.82) is 5.26 Å². The van der Waals surface area contributed by atoms with Crippen molar-refractivity contribution in [2.75, 3.05) is 0 Å². The Morgan fingerprint density at radius 2 is 1.74 bits per heavy atom. The summed E-state index contributed by atoms with van der Waals surface area (Å²) < 4.78 is 5.87. The molecule has 0 radical (unpaired) electrons. The van der Waals surface area contributed by atoms with E-state index in [9.17, 15) is 10.1 Å². The third-order valence-electron chi connectivity index (χ3n) is 7.17. The molecule has 1 aliphatic carbocycles. The molecule has 4 rings (SSSR count). The van der Waals surface area contributed by atoms with E-state index in [-0.39, 0.29) is 17.9 Å². The number of esters is 1. The van der Waals surface area contributed by atoms with Crippen molar-refractivity contribution in [3.05, 3.63) is 69.7 Å². The van der Waals surface area contributed by atoms with E-state index in [2.05, 4.69) is 11.4 Å². The standard InChI is InChI=1S/C28H32Cl2N2O2/c1-27(2,3)34-26(33)24-23(19-10-7-11-22(30)16-19)28(17-31,20-12-14-21(29)15-13-20)25(32-24)18-8-5-4-6-9-18/h7,10-16,18,23-25,32H,4-6,8-9H2,1-3H3/t23-,24+,25-,28+/m0/s1. The molecule has 0 amide bonds. The van der Waals surface area contributed by atoms with Crippen molar-refractivity contribution in [2.24, 2.45) is 5.92 Å². The molecule has 4 nitrogen and oxygen atoms in total. The number of carbonyl (C=O) groups excluding carboxylic acids is 1. The van der Waals surface area contributed by atoms with Gasteiger partial charge in [-0.15, -0.1) is 0 Å². The van der Waals surface area contributed by atoms with E-state index >= 15 is 0 Å². The maximum atomic E-state index is 13.6. The lowest BCUT2D eigenvalue weighted by molar-refractivity contribution is -0.157. The Morgan fingerprint density at radius 1 is 1.06 bits per heavy atom. The lowest BCUT2D eigenvalue weighted by atomic mass is 9.61.